The molecule has 0 fully saturated rings. The highest BCUT2D eigenvalue weighted by Crippen LogP contribution is 2.36. The molecule has 2 aromatic carbocycles. The van der Waals surface area contributed by atoms with Gasteiger partial charge in [0.2, 0.25) is 0 Å². The van der Waals surface area contributed by atoms with Crippen molar-refractivity contribution in [2.24, 2.45) is 7.05 Å². The summed E-state index contributed by atoms with van der Waals surface area (Å²) in [5.74, 6) is -1.70. The molecule has 0 unspecified atom stereocenters. The molecular weight excluding hydrogens is 296 g/mol. The van der Waals surface area contributed by atoms with Gasteiger partial charge < -0.3 is 9.30 Å². The number of para-hydroxylation sites is 1. The molecule has 2 heterocycles. The molecule has 0 saturated carbocycles. The Balaban J connectivity index is 2.29. The highest BCUT2D eigenvalue weighted by molar-refractivity contribution is 6.32. The molecule has 0 bridgehead atoms. The molecule has 1 N–H and O–H groups in total. The van der Waals surface area contributed by atoms with Crippen LogP contribution >= 0.6 is 0 Å². The van der Waals surface area contributed by atoms with E-state index in [-0.39, 0.29) is 16.7 Å². The Bertz CT molecular complexity index is 1050. The molecule has 114 valence electrons. The fourth-order valence-electron chi connectivity index (χ4n) is 3.28. The first-order chi connectivity index (χ1) is 11.0. The maximum absolute atomic E-state index is 12.3. The molecule has 6 heteroatoms. The number of nitrogens with zero attached hydrogens (tertiary/aromatic N) is 1. The van der Waals surface area contributed by atoms with Gasteiger partial charge in [-0.15, -0.1) is 0 Å². The first-order valence-electron chi connectivity index (χ1n) is 7.02. The zero-order chi connectivity index (χ0) is 16.3. The van der Waals surface area contributed by atoms with E-state index in [1.54, 1.807) is 6.07 Å². The standard InChI is InChI=1S/C17H12N2O4/c1-19-10-6-4-3-5-8(10)12-11(19)7-9(17(22)23-2)13-14(12)16(21)18-15(13)20/h3-7H,1-2H3,(H,18,20,21). The van der Waals surface area contributed by atoms with Crippen LogP contribution in [0.2, 0.25) is 0 Å². The lowest BCUT2D eigenvalue weighted by atomic mass is 9.97. The monoisotopic (exact) mass is 308 g/mol. The molecular formula is C17H12N2O4. The first kappa shape index (κ1) is 13.5. The summed E-state index contributed by atoms with van der Waals surface area (Å²) in [6.07, 6.45) is 0. The molecule has 2 amide bonds. The van der Waals surface area contributed by atoms with Gasteiger partial charge in [0.1, 0.15) is 0 Å². The molecule has 1 aromatic heterocycles. The van der Waals surface area contributed by atoms with Gasteiger partial charge in [0.25, 0.3) is 11.8 Å². The van der Waals surface area contributed by atoms with Gasteiger partial charge in [-0.05, 0) is 12.1 Å². The molecule has 4 rings (SSSR count). The fraction of sp³-hybridized carbons (Fsp3) is 0.118. The van der Waals surface area contributed by atoms with Crippen LogP contribution in [0.5, 0.6) is 0 Å². The molecule has 23 heavy (non-hydrogen) atoms. The maximum Gasteiger partial charge on any atom is 0.338 e. The largest absolute Gasteiger partial charge is 0.465 e. The predicted octanol–water partition coefficient (Wildman–Crippen LogP) is 2.00. The Morgan fingerprint density at radius 2 is 1.78 bits per heavy atom. The van der Waals surface area contributed by atoms with E-state index in [1.165, 1.54) is 7.11 Å². The second kappa shape index (κ2) is 4.42. The number of ether oxygens (including phenoxy) is 1. The predicted molar refractivity (Wildman–Crippen MR) is 83.6 cm³/mol. The van der Waals surface area contributed by atoms with Crippen molar-refractivity contribution in [1.82, 2.24) is 9.88 Å². The molecule has 6 nitrogen and oxygen atoms in total. The highest BCUT2D eigenvalue weighted by Gasteiger charge is 2.35. The van der Waals surface area contributed by atoms with Crippen LogP contribution in [-0.2, 0) is 11.8 Å². The van der Waals surface area contributed by atoms with Crippen molar-refractivity contribution in [2.45, 2.75) is 0 Å². The topological polar surface area (TPSA) is 77.4 Å². The van der Waals surface area contributed by atoms with Gasteiger partial charge in [0, 0.05) is 23.3 Å². The summed E-state index contributed by atoms with van der Waals surface area (Å²) in [5, 5.41) is 3.81. The van der Waals surface area contributed by atoms with E-state index in [4.69, 9.17) is 4.74 Å². The molecule has 1 aliphatic heterocycles. The normalized spacial score (nSPS) is 13.5. The smallest absolute Gasteiger partial charge is 0.338 e. The number of methoxy groups -OCH3 is 1. The summed E-state index contributed by atoms with van der Waals surface area (Å²) in [7, 11) is 3.10. The number of nitrogens with one attached hydrogen (secondary N) is 1. The van der Waals surface area contributed by atoms with E-state index < -0.39 is 17.8 Å². The lowest BCUT2D eigenvalue weighted by Gasteiger charge is -2.06. The number of hydrogen-bond acceptors (Lipinski definition) is 4. The average Bonchev–Trinajstić information content (AvgIpc) is 3.01. The van der Waals surface area contributed by atoms with Crippen LogP contribution in [-0.4, -0.2) is 29.5 Å². The summed E-state index contributed by atoms with van der Waals surface area (Å²) in [6.45, 7) is 0. The van der Waals surface area contributed by atoms with E-state index in [1.807, 2.05) is 35.9 Å². The number of esters is 1. The quantitative estimate of drug-likeness (QED) is 0.551. The number of imide groups is 1. The summed E-state index contributed by atoms with van der Waals surface area (Å²) in [4.78, 5) is 36.5. The second-order valence-electron chi connectivity index (χ2n) is 5.42. The van der Waals surface area contributed by atoms with Gasteiger partial charge in [0.05, 0.1) is 29.3 Å². The number of benzene rings is 2. The summed E-state index contributed by atoms with van der Waals surface area (Å²) < 4.78 is 6.66. The van der Waals surface area contributed by atoms with Gasteiger partial charge in [-0.25, -0.2) is 4.79 Å². The minimum atomic E-state index is -0.641. The van der Waals surface area contributed by atoms with Crippen molar-refractivity contribution in [2.75, 3.05) is 7.11 Å². The number of rotatable bonds is 1. The third kappa shape index (κ3) is 1.60. The SMILES string of the molecule is COC(=O)c1cc2c(c3c1C(=O)NC3=O)c1ccccc1n2C. The van der Waals surface area contributed by atoms with Crippen molar-refractivity contribution in [3.8, 4) is 0 Å². The van der Waals surface area contributed by atoms with Gasteiger partial charge >= 0.3 is 5.97 Å². The van der Waals surface area contributed by atoms with Crippen LogP contribution in [0.4, 0.5) is 0 Å². The third-order valence-electron chi connectivity index (χ3n) is 4.29. The van der Waals surface area contributed by atoms with Gasteiger partial charge in [-0.2, -0.15) is 0 Å². The van der Waals surface area contributed by atoms with Crippen LogP contribution in [0.25, 0.3) is 21.8 Å². The van der Waals surface area contributed by atoms with Crippen LogP contribution in [0, 0.1) is 0 Å². The van der Waals surface area contributed by atoms with Crippen LogP contribution in [0.1, 0.15) is 31.1 Å². The molecule has 0 aliphatic carbocycles. The molecule has 1 aliphatic rings. The van der Waals surface area contributed by atoms with Crippen molar-refractivity contribution in [3.63, 3.8) is 0 Å². The van der Waals surface area contributed by atoms with E-state index in [2.05, 4.69) is 5.32 Å². The van der Waals surface area contributed by atoms with Gasteiger partial charge in [-0.3, -0.25) is 14.9 Å². The third-order valence-corrected chi connectivity index (χ3v) is 4.29. The number of fused-ring (bicyclic) bond motifs is 5. The number of carbonyl (C=O) groups excluding carboxylic acids is 3. The van der Waals surface area contributed by atoms with Crippen molar-refractivity contribution in [1.29, 1.82) is 0 Å². The van der Waals surface area contributed by atoms with Gasteiger partial charge in [-0.1, -0.05) is 18.2 Å². The van der Waals surface area contributed by atoms with Crippen LogP contribution in [0.15, 0.2) is 30.3 Å². The van der Waals surface area contributed by atoms with Crippen LogP contribution < -0.4 is 5.32 Å². The Morgan fingerprint density at radius 3 is 2.52 bits per heavy atom. The Hall–Kier alpha value is -3.15. The Labute approximate surface area is 130 Å². The molecule has 3 aromatic rings. The lowest BCUT2D eigenvalue weighted by Crippen LogP contribution is -2.20. The Kier molecular flexibility index (Phi) is 2.60. The van der Waals surface area contributed by atoms with Crippen molar-refractivity contribution < 1.29 is 19.1 Å². The average molecular weight is 308 g/mol. The minimum absolute atomic E-state index is 0.0886. The zero-order valence-electron chi connectivity index (χ0n) is 12.5. The van der Waals surface area contributed by atoms with Crippen LogP contribution in [0.3, 0.4) is 0 Å². The molecule has 0 atom stereocenters. The highest BCUT2D eigenvalue weighted by atomic mass is 16.5. The van der Waals surface area contributed by atoms with Crippen molar-refractivity contribution in [3.05, 3.63) is 47.0 Å². The molecule has 0 spiro atoms. The lowest BCUT2D eigenvalue weighted by molar-refractivity contribution is 0.0596. The van der Waals surface area contributed by atoms with Gasteiger partial charge in [0.15, 0.2) is 0 Å². The zero-order valence-corrected chi connectivity index (χ0v) is 12.5. The van der Waals surface area contributed by atoms with E-state index in [0.717, 1.165) is 10.9 Å². The Morgan fingerprint density at radius 1 is 1.09 bits per heavy atom. The number of aryl methyl sites for hydroxylation is 1. The summed E-state index contributed by atoms with van der Waals surface area (Å²) in [6, 6.07) is 9.20. The second-order valence-corrected chi connectivity index (χ2v) is 5.42. The minimum Gasteiger partial charge on any atom is -0.465 e. The molecule has 0 radical (unpaired) electrons. The van der Waals surface area contributed by atoms with E-state index >= 15 is 0 Å². The number of aromatic nitrogens is 1. The maximum atomic E-state index is 12.3. The summed E-state index contributed by atoms with van der Waals surface area (Å²) in [5.41, 5.74) is 2.05. The molecule has 0 saturated heterocycles. The number of carbonyl (C=O) groups is 3. The first-order valence-corrected chi connectivity index (χ1v) is 7.02. The number of amides is 2. The summed E-state index contributed by atoms with van der Waals surface area (Å²) >= 11 is 0. The van der Waals surface area contributed by atoms with E-state index in [9.17, 15) is 14.4 Å². The van der Waals surface area contributed by atoms with Crippen molar-refractivity contribution >= 4 is 39.6 Å². The fourth-order valence-corrected chi connectivity index (χ4v) is 3.28. The number of hydrogen-bond donors (Lipinski definition) is 1. The van der Waals surface area contributed by atoms with E-state index in [0.29, 0.717) is 10.9 Å².